The second-order valence-corrected chi connectivity index (χ2v) is 5.63. The number of amides is 2. The smallest absolute Gasteiger partial charge is 0.315 e. The molecule has 1 fully saturated rings. The average molecular weight is 290 g/mol. The molecule has 1 aromatic rings. The summed E-state index contributed by atoms with van der Waals surface area (Å²) in [6.45, 7) is 2.76. The fourth-order valence-electron chi connectivity index (χ4n) is 2.86. The van der Waals surface area contributed by atoms with Gasteiger partial charge in [0.2, 0.25) is 0 Å². The number of benzene rings is 1. The number of ether oxygens (including phenoxy) is 1. The summed E-state index contributed by atoms with van der Waals surface area (Å²) in [5.74, 6) is 0.894. The van der Waals surface area contributed by atoms with E-state index >= 15 is 0 Å². The normalized spacial score (nSPS) is 15.0. The third kappa shape index (κ3) is 4.66. The molecule has 1 aromatic carbocycles. The van der Waals surface area contributed by atoms with Crippen molar-refractivity contribution in [3.63, 3.8) is 0 Å². The summed E-state index contributed by atoms with van der Waals surface area (Å²) >= 11 is 0. The topological polar surface area (TPSA) is 50.4 Å². The zero-order valence-electron chi connectivity index (χ0n) is 13.1. The second kappa shape index (κ2) is 7.91. The molecule has 1 aliphatic carbocycles. The Hall–Kier alpha value is -1.71. The van der Waals surface area contributed by atoms with Gasteiger partial charge in [0.25, 0.3) is 0 Å². The van der Waals surface area contributed by atoms with Crippen molar-refractivity contribution in [2.45, 2.75) is 51.5 Å². The molecule has 0 saturated heterocycles. The molecule has 0 heterocycles. The van der Waals surface area contributed by atoms with Crippen LogP contribution >= 0.6 is 0 Å². The molecule has 4 nitrogen and oxygen atoms in total. The highest BCUT2D eigenvalue weighted by Crippen LogP contribution is 2.20. The molecule has 0 aromatic heterocycles. The predicted molar refractivity (Wildman–Crippen MR) is 84.9 cm³/mol. The van der Waals surface area contributed by atoms with Crippen molar-refractivity contribution in [3.05, 3.63) is 29.3 Å². The van der Waals surface area contributed by atoms with Gasteiger partial charge in [-0.2, -0.15) is 0 Å². The highest BCUT2D eigenvalue weighted by atomic mass is 16.5. The molecule has 1 saturated carbocycles. The van der Waals surface area contributed by atoms with E-state index in [1.807, 2.05) is 6.07 Å². The molecule has 0 aliphatic heterocycles. The molecular formula is C17H26N2O2. The largest absolute Gasteiger partial charge is 0.496 e. The Morgan fingerprint density at radius 3 is 2.76 bits per heavy atom. The number of urea groups is 1. The highest BCUT2D eigenvalue weighted by molar-refractivity contribution is 5.74. The number of hydrogen-bond donors (Lipinski definition) is 2. The molecule has 116 valence electrons. The van der Waals surface area contributed by atoms with Gasteiger partial charge in [-0.15, -0.1) is 0 Å². The number of carbonyl (C=O) groups is 1. The van der Waals surface area contributed by atoms with E-state index in [0.29, 0.717) is 12.6 Å². The SMILES string of the molecule is CCc1ccc(OC)c(CCNC(=O)NC2CCCC2)c1. The van der Waals surface area contributed by atoms with Crippen LogP contribution < -0.4 is 15.4 Å². The van der Waals surface area contributed by atoms with E-state index in [4.69, 9.17) is 4.74 Å². The average Bonchev–Trinajstić information content (AvgIpc) is 3.00. The van der Waals surface area contributed by atoms with Crippen LogP contribution in [0.2, 0.25) is 0 Å². The minimum absolute atomic E-state index is 0.0486. The van der Waals surface area contributed by atoms with Gasteiger partial charge >= 0.3 is 6.03 Å². The van der Waals surface area contributed by atoms with Crippen molar-refractivity contribution in [1.82, 2.24) is 10.6 Å². The van der Waals surface area contributed by atoms with Crippen molar-refractivity contribution in [1.29, 1.82) is 0 Å². The lowest BCUT2D eigenvalue weighted by Crippen LogP contribution is -2.41. The van der Waals surface area contributed by atoms with E-state index in [1.165, 1.54) is 18.4 Å². The maximum atomic E-state index is 11.8. The van der Waals surface area contributed by atoms with E-state index in [0.717, 1.165) is 37.0 Å². The molecule has 2 amide bonds. The molecule has 0 radical (unpaired) electrons. The van der Waals surface area contributed by atoms with Gasteiger partial charge in [0, 0.05) is 12.6 Å². The number of rotatable bonds is 6. The van der Waals surface area contributed by atoms with Crippen molar-refractivity contribution in [3.8, 4) is 5.75 Å². The van der Waals surface area contributed by atoms with Crippen LogP contribution in [0.4, 0.5) is 4.79 Å². The highest BCUT2D eigenvalue weighted by Gasteiger charge is 2.16. The Labute approximate surface area is 127 Å². The van der Waals surface area contributed by atoms with E-state index in [9.17, 15) is 4.79 Å². The number of nitrogens with one attached hydrogen (secondary N) is 2. The van der Waals surface area contributed by atoms with Crippen molar-refractivity contribution in [2.75, 3.05) is 13.7 Å². The summed E-state index contributed by atoms with van der Waals surface area (Å²) in [5.41, 5.74) is 2.44. The van der Waals surface area contributed by atoms with Gasteiger partial charge in [0.1, 0.15) is 5.75 Å². The summed E-state index contributed by atoms with van der Waals surface area (Å²) in [6, 6.07) is 6.57. The molecule has 0 bridgehead atoms. The Bertz CT molecular complexity index is 468. The van der Waals surface area contributed by atoms with Crippen LogP contribution in [0.1, 0.15) is 43.7 Å². The van der Waals surface area contributed by atoms with Gasteiger partial charge in [0.05, 0.1) is 7.11 Å². The summed E-state index contributed by atoms with van der Waals surface area (Å²) < 4.78 is 5.38. The fraction of sp³-hybridized carbons (Fsp3) is 0.588. The van der Waals surface area contributed by atoms with Crippen LogP contribution in [-0.2, 0) is 12.8 Å². The zero-order chi connectivity index (χ0) is 15.1. The first-order valence-corrected chi connectivity index (χ1v) is 7.93. The molecule has 1 aliphatic rings. The van der Waals surface area contributed by atoms with Gasteiger partial charge in [-0.3, -0.25) is 0 Å². The zero-order valence-corrected chi connectivity index (χ0v) is 13.1. The summed E-state index contributed by atoms with van der Waals surface area (Å²) in [5, 5.41) is 5.98. The quantitative estimate of drug-likeness (QED) is 0.846. The first-order chi connectivity index (χ1) is 10.2. The third-order valence-corrected chi connectivity index (χ3v) is 4.12. The molecular weight excluding hydrogens is 264 g/mol. The lowest BCUT2D eigenvalue weighted by molar-refractivity contribution is 0.237. The number of carbonyl (C=O) groups excluding carboxylic acids is 1. The van der Waals surface area contributed by atoms with Crippen LogP contribution in [0.5, 0.6) is 5.75 Å². The van der Waals surface area contributed by atoms with Crippen LogP contribution in [0.25, 0.3) is 0 Å². The Morgan fingerprint density at radius 2 is 2.10 bits per heavy atom. The van der Waals surface area contributed by atoms with Gasteiger partial charge in [-0.05, 0) is 42.9 Å². The van der Waals surface area contributed by atoms with Gasteiger partial charge in [-0.25, -0.2) is 4.79 Å². The second-order valence-electron chi connectivity index (χ2n) is 5.63. The van der Waals surface area contributed by atoms with Crippen LogP contribution in [0.15, 0.2) is 18.2 Å². The molecule has 2 N–H and O–H groups in total. The lowest BCUT2D eigenvalue weighted by Gasteiger charge is -2.14. The number of hydrogen-bond acceptors (Lipinski definition) is 2. The minimum Gasteiger partial charge on any atom is -0.496 e. The van der Waals surface area contributed by atoms with Gasteiger partial charge in [-0.1, -0.05) is 31.9 Å². The maximum Gasteiger partial charge on any atom is 0.315 e. The summed E-state index contributed by atoms with van der Waals surface area (Å²) in [6.07, 6.45) is 6.47. The maximum absolute atomic E-state index is 11.8. The Morgan fingerprint density at radius 1 is 1.33 bits per heavy atom. The van der Waals surface area contributed by atoms with Crippen LogP contribution in [0, 0.1) is 0 Å². The molecule has 0 spiro atoms. The first kappa shape index (κ1) is 15.7. The fourth-order valence-corrected chi connectivity index (χ4v) is 2.86. The van der Waals surface area contributed by atoms with E-state index in [2.05, 4.69) is 29.7 Å². The van der Waals surface area contributed by atoms with E-state index in [-0.39, 0.29) is 6.03 Å². The van der Waals surface area contributed by atoms with Crippen molar-refractivity contribution < 1.29 is 9.53 Å². The van der Waals surface area contributed by atoms with Gasteiger partial charge in [0.15, 0.2) is 0 Å². The summed E-state index contributed by atoms with van der Waals surface area (Å²) in [4.78, 5) is 11.8. The molecule has 4 heteroatoms. The van der Waals surface area contributed by atoms with Crippen molar-refractivity contribution >= 4 is 6.03 Å². The number of aryl methyl sites for hydroxylation is 1. The Balaban J connectivity index is 1.80. The first-order valence-electron chi connectivity index (χ1n) is 7.93. The molecule has 0 atom stereocenters. The van der Waals surface area contributed by atoms with Crippen LogP contribution in [-0.4, -0.2) is 25.7 Å². The molecule has 21 heavy (non-hydrogen) atoms. The Kier molecular flexibility index (Phi) is 5.90. The number of methoxy groups -OCH3 is 1. The van der Waals surface area contributed by atoms with E-state index < -0.39 is 0 Å². The molecule has 0 unspecified atom stereocenters. The predicted octanol–water partition coefficient (Wildman–Crippen LogP) is 3.04. The van der Waals surface area contributed by atoms with E-state index in [1.54, 1.807) is 7.11 Å². The third-order valence-electron chi connectivity index (χ3n) is 4.12. The lowest BCUT2D eigenvalue weighted by atomic mass is 10.1. The van der Waals surface area contributed by atoms with Crippen LogP contribution in [0.3, 0.4) is 0 Å². The van der Waals surface area contributed by atoms with Gasteiger partial charge < -0.3 is 15.4 Å². The monoisotopic (exact) mass is 290 g/mol. The standard InChI is InChI=1S/C17H26N2O2/c1-3-13-8-9-16(21-2)14(12-13)10-11-18-17(20)19-15-6-4-5-7-15/h8-9,12,15H,3-7,10-11H2,1-2H3,(H2,18,19,20). The minimum atomic E-state index is -0.0486. The summed E-state index contributed by atoms with van der Waals surface area (Å²) in [7, 11) is 1.69. The molecule has 2 rings (SSSR count). The van der Waals surface area contributed by atoms with Crippen molar-refractivity contribution in [2.24, 2.45) is 0 Å².